The van der Waals surface area contributed by atoms with E-state index in [1.54, 1.807) is 0 Å². The summed E-state index contributed by atoms with van der Waals surface area (Å²) in [5.74, 6) is 0. The fraction of sp³-hybridized carbons (Fsp3) is 0.875. The van der Waals surface area contributed by atoms with E-state index >= 15 is 0 Å². The van der Waals surface area contributed by atoms with Gasteiger partial charge in [0.25, 0.3) is 0 Å². The lowest BCUT2D eigenvalue weighted by molar-refractivity contribution is 0.0692. The van der Waals surface area contributed by atoms with Crippen molar-refractivity contribution in [2.45, 2.75) is 25.4 Å². The zero-order valence-corrected chi connectivity index (χ0v) is 8.23. The number of nitrogens with zero attached hydrogens (tertiary/aromatic N) is 1. The minimum absolute atomic E-state index is 0.504. The maximum absolute atomic E-state index is 9.62. The molecule has 0 aromatic rings. The third-order valence-electron chi connectivity index (χ3n) is 2.21. The molecule has 1 aliphatic rings. The fourth-order valence-corrected chi connectivity index (χ4v) is 1.59. The Hall–Kier alpha value is -0.190. The van der Waals surface area contributed by atoms with Crippen molar-refractivity contribution >= 4 is 17.2 Å². The van der Waals surface area contributed by atoms with E-state index in [9.17, 15) is 5.11 Å². The van der Waals surface area contributed by atoms with Crippen LogP contribution in [0.25, 0.3) is 0 Å². The first-order valence-electron chi connectivity index (χ1n) is 4.23. The van der Waals surface area contributed by atoms with Crippen LogP contribution in [0.5, 0.6) is 0 Å². The number of hydrogen-bond acceptors (Lipinski definition) is 3. The van der Waals surface area contributed by atoms with E-state index in [0.717, 1.165) is 32.5 Å². The molecule has 3 nitrogen and oxygen atoms in total. The average molecular weight is 188 g/mol. The quantitative estimate of drug-likeness (QED) is 0.618. The van der Waals surface area contributed by atoms with Gasteiger partial charge >= 0.3 is 0 Å². The van der Waals surface area contributed by atoms with Crippen LogP contribution in [0.3, 0.4) is 0 Å². The van der Waals surface area contributed by atoms with Gasteiger partial charge in [0, 0.05) is 26.1 Å². The second-order valence-corrected chi connectivity index (χ2v) is 4.26. The minimum Gasteiger partial charge on any atom is -0.393 e. The highest BCUT2D eigenvalue weighted by molar-refractivity contribution is 7.80. The average Bonchev–Trinajstić information content (AvgIpc) is 2.26. The summed E-state index contributed by atoms with van der Waals surface area (Å²) in [6.45, 7) is 4.45. The van der Waals surface area contributed by atoms with Crippen molar-refractivity contribution in [3.63, 3.8) is 0 Å². The van der Waals surface area contributed by atoms with Crippen LogP contribution in [0.1, 0.15) is 19.8 Å². The lowest BCUT2D eigenvalue weighted by Crippen LogP contribution is -2.31. The molecule has 1 aliphatic heterocycles. The van der Waals surface area contributed by atoms with Crippen LogP contribution >= 0.6 is 12.2 Å². The Morgan fingerprint density at radius 3 is 2.83 bits per heavy atom. The standard InChI is InChI=1S/C8H16N2OS/c1-8(11)3-5-10(6-8)4-2-7(9)12/h11H,2-6H2,1H3,(H2,9,12). The van der Waals surface area contributed by atoms with Crippen molar-refractivity contribution in [3.8, 4) is 0 Å². The molecule has 1 rings (SSSR count). The largest absolute Gasteiger partial charge is 0.393 e. The third kappa shape index (κ3) is 3.05. The summed E-state index contributed by atoms with van der Waals surface area (Å²) in [5, 5.41) is 9.62. The lowest BCUT2D eigenvalue weighted by Gasteiger charge is -2.18. The van der Waals surface area contributed by atoms with E-state index in [4.69, 9.17) is 18.0 Å². The van der Waals surface area contributed by atoms with E-state index in [2.05, 4.69) is 4.90 Å². The number of nitrogens with two attached hydrogens (primary N) is 1. The molecule has 0 aliphatic carbocycles. The van der Waals surface area contributed by atoms with E-state index < -0.39 is 5.60 Å². The molecule has 1 atom stereocenters. The van der Waals surface area contributed by atoms with Crippen LogP contribution in [0, 0.1) is 0 Å². The normalized spacial score (nSPS) is 30.8. The number of thiocarbonyl (C=S) groups is 1. The molecule has 1 saturated heterocycles. The molecule has 12 heavy (non-hydrogen) atoms. The Morgan fingerprint density at radius 2 is 2.42 bits per heavy atom. The molecule has 0 saturated carbocycles. The molecule has 0 radical (unpaired) electrons. The van der Waals surface area contributed by atoms with Crippen LogP contribution < -0.4 is 5.73 Å². The highest BCUT2D eigenvalue weighted by Gasteiger charge is 2.30. The van der Waals surface area contributed by atoms with Crippen LogP contribution in [-0.2, 0) is 0 Å². The van der Waals surface area contributed by atoms with Gasteiger partial charge in [-0.05, 0) is 13.3 Å². The molecule has 0 spiro atoms. The predicted molar refractivity (Wildman–Crippen MR) is 53.1 cm³/mol. The maximum atomic E-state index is 9.62. The van der Waals surface area contributed by atoms with Gasteiger partial charge in [-0.2, -0.15) is 0 Å². The van der Waals surface area contributed by atoms with Crippen LogP contribution in [0.15, 0.2) is 0 Å². The fourth-order valence-electron chi connectivity index (χ4n) is 1.50. The van der Waals surface area contributed by atoms with E-state index in [-0.39, 0.29) is 0 Å². The van der Waals surface area contributed by atoms with Crippen LogP contribution in [0.2, 0.25) is 0 Å². The van der Waals surface area contributed by atoms with Gasteiger partial charge in [0.05, 0.1) is 10.6 Å². The zero-order valence-electron chi connectivity index (χ0n) is 7.42. The molecule has 1 heterocycles. The molecule has 0 aromatic heterocycles. The molecule has 0 aromatic carbocycles. The van der Waals surface area contributed by atoms with Gasteiger partial charge in [-0.1, -0.05) is 12.2 Å². The Morgan fingerprint density at radius 1 is 1.75 bits per heavy atom. The zero-order chi connectivity index (χ0) is 9.19. The SMILES string of the molecule is CC1(O)CCN(CCC(N)=S)C1. The molecular weight excluding hydrogens is 172 g/mol. The molecule has 70 valence electrons. The van der Waals surface area contributed by atoms with Gasteiger partial charge in [0.15, 0.2) is 0 Å². The minimum atomic E-state index is -0.504. The molecule has 0 amide bonds. The summed E-state index contributed by atoms with van der Waals surface area (Å²) in [6.07, 6.45) is 1.61. The smallest absolute Gasteiger partial charge is 0.0758 e. The van der Waals surface area contributed by atoms with Crippen LogP contribution in [0.4, 0.5) is 0 Å². The molecule has 0 bridgehead atoms. The van der Waals surface area contributed by atoms with Crippen molar-refractivity contribution < 1.29 is 5.11 Å². The van der Waals surface area contributed by atoms with Gasteiger partial charge in [0.1, 0.15) is 0 Å². The number of aliphatic hydroxyl groups is 1. The highest BCUT2D eigenvalue weighted by atomic mass is 32.1. The Kier molecular flexibility index (Phi) is 3.04. The van der Waals surface area contributed by atoms with Gasteiger partial charge in [-0.3, -0.25) is 4.90 Å². The topological polar surface area (TPSA) is 49.5 Å². The number of likely N-dealkylation sites (tertiary alicyclic amines) is 1. The maximum Gasteiger partial charge on any atom is 0.0758 e. The summed E-state index contributed by atoms with van der Waals surface area (Å²) < 4.78 is 0. The van der Waals surface area contributed by atoms with Crippen molar-refractivity contribution in [1.82, 2.24) is 4.90 Å². The monoisotopic (exact) mass is 188 g/mol. The molecular formula is C8H16N2OS. The Bertz CT molecular complexity index is 182. The molecule has 4 heteroatoms. The summed E-state index contributed by atoms with van der Waals surface area (Å²) in [7, 11) is 0. The molecule has 1 unspecified atom stereocenters. The summed E-state index contributed by atoms with van der Waals surface area (Å²) >= 11 is 4.78. The first-order valence-corrected chi connectivity index (χ1v) is 4.63. The van der Waals surface area contributed by atoms with E-state index in [1.165, 1.54) is 0 Å². The number of β-amino-alcohol motifs (C(OH)–C–C–N with tert-alkyl or cyclic N) is 1. The number of hydrogen-bond donors (Lipinski definition) is 2. The molecule has 1 fully saturated rings. The second kappa shape index (κ2) is 3.68. The van der Waals surface area contributed by atoms with Gasteiger partial charge in [0.2, 0.25) is 0 Å². The first-order chi connectivity index (χ1) is 5.49. The van der Waals surface area contributed by atoms with Crippen LogP contribution in [-0.4, -0.2) is 40.2 Å². The van der Waals surface area contributed by atoms with Crippen molar-refractivity contribution in [1.29, 1.82) is 0 Å². The third-order valence-corrected chi connectivity index (χ3v) is 2.41. The lowest BCUT2D eigenvalue weighted by atomic mass is 10.1. The van der Waals surface area contributed by atoms with Gasteiger partial charge in [-0.15, -0.1) is 0 Å². The van der Waals surface area contributed by atoms with Crippen molar-refractivity contribution in [3.05, 3.63) is 0 Å². The number of rotatable bonds is 3. The predicted octanol–water partition coefficient (Wildman–Crippen LogP) is 0.119. The highest BCUT2D eigenvalue weighted by Crippen LogP contribution is 2.19. The second-order valence-electron chi connectivity index (χ2n) is 3.74. The van der Waals surface area contributed by atoms with E-state index in [0.29, 0.717) is 4.99 Å². The van der Waals surface area contributed by atoms with Gasteiger partial charge in [-0.25, -0.2) is 0 Å². The first kappa shape index (κ1) is 9.89. The van der Waals surface area contributed by atoms with Crippen molar-refractivity contribution in [2.24, 2.45) is 5.73 Å². The van der Waals surface area contributed by atoms with E-state index in [1.807, 2.05) is 6.92 Å². The van der Waals surface area contributed by atoms with Gasteiger partial charge < -0.3 is 10.8 Å². The Labute approximate surface area is 78.5 Å². The Balaban J connectivity index is 2.24. The van der Waals surface area contributed by atoms with Crippen molar-refractivity contribution in [2.75, 3.05) is 19.6 Å². The summed E-state index contributed by atoms with van der Waals surface area (Å²) in [6, 6.07) is 0. The summed E-state index contributed by atoms with van der Waals surface area (Å²) in [5.41, 5.74) is 4.88. The molecule has 3 N–H and O–H groups in total. The summed E-state index contributed by atoms with van der Waals surface area (Å²) in [4.78, 5) is 2.75.